The molecule has 0 aromatic carbocycles. The molecule has 21 heavy (non-hydrogen) atoms. The number of nitrogens with one attached hydrogen (secondary N) is 1. The van der Waals surface area contributed by atoms with Crippen LogP contribution >= 0.6 is 0 Å². The molecule has 6 heteroatoms. The highest BCUT2D eigenvalue weighted by Crippen LogP contribution is 2.10. The summed E-state index contributed by atoms with van der Waals surface area (Å²) < 4.78 is 5.03. The van der Waals surface area contributed by atoms with Gasteiger partial charge in [0.25, 0.3) is 0 Å². The fraction of sp³-hybridized carbons (Fsp3) is 0.600. The summed E-state index contributed by atoms with van der Waals surface area (Å²) in [5.41, 5.74) is 1.05. The second-order valence-electron chi connectivity index (χ2n) is 5.01. The van der Waals surface area contributed by atoms with Gasteiger partial charge in [0.2, 0.25) is 0 Å². The van der Waals surface area contributed by atoms with Crippen LogP contribution in [0.1, 0.15) is 19.5 Å². The lowest BCUT2D eigenvalue weighted by atomic mass is 10.2. The average molecular weight is 292 g/mol. The standard InChI is InChI=1S/C15H24N4O2/c1-3-16-14-7-5-6-13(17-14)12-18-8-10-19(11-9-18)15(20)21-4-2/h5-7H,3-4,8-12H2,1-2H3,(H,16,17). The largest absolute Gasteiger partial charge is 0.450 e. The molecule has 6 nitrogen and oxygen atoms in total. The van der Waals surface area contributed by atoms with Crippen molar-refractivity contribution >= 4 is 11.9 Å². The summed E-state index contributed by atoms with van der Waals surface area (Å²) in [5, 5.41) is 3.22. The number of nitrogens with zero attached hydrogens (tertiary/aromatic N) is 3. The predicted molar refractivity (Wildman–Crippen MR) is 82.3 cm³/mol. The number of hydrogen-bond acceptors (Lipinski definition) is 5. The molecule has 2 heterocycles. The van der Waals surface area contributed by atoms with Crippen molar-refractivity contribution in [1.29, 1.82) is 0 Å². The van der Waals surface area contributed by atoms with Crippen molar-refractivity contribution in [2.45, 2.75) is 20.4 Å². The number of ether oxygens (including phenoxy) is 1. The van der Waals surface area contributed by atoms with E-state index >= 15 is 0 Å². The number of hydrogen-bond donors (Lipinski definition) is 1. The zero-order valence-corrected chi connectivity index (χ0v) is 12.8. The zero-order valence-electron chi connectivity index (χ0n) is 12.8. The first-order valence-corrected chi connectivity index (χ1v) is 7.56. The van der Waals surface area contributed by atoms with Crippen LogP contribution < -0.4 is 5.32 Å². The van der Waals surface area contributed by atoms with Gasteiger partial charge in [0, 0.05) is 39.3 Å². The van der Waals surface area contributed by atoms with Crippen LogP contribution in [0.2, 0.25) is 0 Å². The molecule has 0 atom stereocenters. The molecule has 0 bridgehead atoms. The van der Waals surface area contributed by atoms with Crippen molar-refractivity contribution in [2.24, 2.45) is 0 Å². The molecule has 0 spiro atoms. The molecule has 1 fully saturated rings. The first-order chi connectivity index (χ1) is 10.2. The number of pyridine rings is 1. The van der Waals surface area contributed by atoms with E-state index in [1.54, 1.807) is 4.90 Å². The average Bonchev–Trinajstić information content (AvgIpc) is 2.49. The van der Waals surface area contributed by atoms with Gasteiger partial charge < -0.3 is 15.0 Å². The third kappa shape index (κ3) is 4.60. The van der Waals surface area contributed by atoms with E-state index in [9.17, 15) is 4.79 Å². The van der Waals surface area contributed by atoms with Gasteiger partial charge in [-0.1, -0.05) is 6.07 Å². The Labute approximate surface area is 126 Å². The lowest BCUT2D eigenvalue weighted by Crippen LogP contribution is -2.48. The van der Waals surface area contributed by atoms with Gasteiger partial charge >= 0.3 is 6.09 Å². The highest BCUT2D eigenvalue weighted by atomic mass is 16.6. The summed E-state index contributed by atoms with van der Waals surface area (Å²) in [6, 6.07) is 6.04. The maximum Gasteiger partial charge on any atom is 0.409 e. The summed E-state index contributed by atoms with van der Waals surface area (Å²) in [6.45, 7) is 9.14. The second-order valence-corrected chi connectivity index (χ2v) is 5.01. The van der Waals surface area contributed by atoms with E-state index < -0.39 is 0 Å². The Morgan fingerprint density at radius 2 is 2.05 bits per heavy atom. The summed E-state index contributed by atoms with van der Waals surface area (Å²) in [5.74, 6) is 0.917. The molecule has 1 aliphatic rings. The van der Waals surface area contributed by atoms with E-state index in [-0.39, 0.29) is 6.09 Å². The molecule has 0 unspecified atom stereocenters. The van der Waals surface area contributed by atoms with Crippen molar-refractivity contribution in [3.05, 3.63) is 23.9 Å². The van der Waals surface area contributed by atoms with E-state index in [1.807, 2.05) is 25.1 Å². The Bertz CT molecular complexity index is 459. The highest BCUT2D eigenvalue weighted by Gasteiger charge is 2.21. The van der Waals surface area contributed by atoms with Gasteiger partial charge in [0.05, 0.1) is 12.3 Å². The van der Waals surface area contributed by atoms with Crippen molar-refractivity contribution in [3.63, 3.8) is 0 Å². The van der Waals surface area contributed by atoms with Gasteiger partial charge in [0.15, 0.2) is 0 Å². The summed E-state index contributed by atoms with van der Waals surface area (Å²) in [6.07, 6.45) is -0.204. The number of aromatic nitrogens is 1. The lowest BCUT2D eigenvalue weighted by molar-refractivity contribution is 0.0775. The predicted octanol–water partition coefficient (Wildman–Crippen LogP) is 1.79. The van der Waals surface area contributed by atoms with E-state index in [0.29, 0.717) is 19.7 Å². The zero-order chi connectivity index (χ0) is 15.1. The maximum absolute atomic E-state index is 11.6. The summed E-state index contributed by atoms with van der Waals surface area (Å²) in [4.78, 5) is 20.3. The van der Waals surface area contributed by atoms with Gasteiger partial charge in [-0.25, -0.2) is 9.78 Å². The lowest BCUT2D eigenvalue weighted by Gasteiger charge is -2.33. The third-order valence-corrected chi connectivity index (χ3v) is 3.45. The Hall–Kier alpha value is -1.82. The van der Waals surface area contributed by atoms with E-state index in [2.05, 4.69) is 22.1 Å². The Morgan fingerprint density at radius 3 is 2.71 bits per heavy atom. The van der Waals surface area contributed by atoms with Crippen molar-refractivity contribution in [3.8, 4) is 0 Å². The van der Waals surface area contributed by atoms with Gasteiger partial charge in [0.1, 0.15) is 5.82 Å². The quantitative estimate of drug-likeness (QED) is 0.896. The first-order valence-electron chi connectivity index (χ1n) is 7.56. The Kier molecular flexibility index (Phi) is 5.80. The highest BCUT2D eigenvalue weighted by molar-refractivity contribution is 5.67. The minimum absolute atomic E-state index is 0.204. The fourth-order valence-electron chi connectivity index (χ4n) is 2.38. The molecule has 1 N–H and O–H groups in total. The molecular weight excluding hydrogens is 268 g/mol. The molecule has 0 aliphatic carbocycles. The van der Waals surface area contributed by atoms with E-state index in [4.69, 9.17) is 4.74 Å². The van der Waals surface area contributed by atoms with Crippen molar-refractivity contribution in [1.82, 2.24) is 14.8 Å². The molecule has 1 aromatic rings. The van der Waals surface area contributed by atoms with Crippen LogP contribution in [0.15, 0.2) is 18.2 Å². The topological polar surface area (TPSA) is 57.7 Å². The van der Waals surface area contributed by atoms with Crippen LogP contribution in [0.25, 0.3) is 0 Å². The van der Waals surface area contributed by atoms with Crippen LogP contribution in [0, 0.1) is 0 Å². The second kappa shape index (κ2) is 7.83. The van der Waals surface area contributed by atoms with Gasteiger partial charge in [-0.05, 0) is 26.0 Å². The number of piperazine rings is 1. The van der Waals surface area contributed by atoms with Crippen LogP contribution in [0.3, 0.4) is 0 Å². The van der Waals surface area contributed by atoms with Crippen LogP contribution in [-0.2, 0) is 11.3 Å². The number of carbonyl (C=O) groups is 1. The fourth-order valence-corrected chi connectivity index (χ4v) is 2.38. The van der Waals surface area contributed by atoms with Gasteiger partial charge in [-0.15, -0.1) is 0 Å². The molecule has 0 saturated carbocycles. The molecule has 1 amide bonds. The molecular formula is C15H24N4O2. The minimum atomic E-state index is -0.204. The number of rotatable bonds is 5. The number of amides is 1. The normalized spacial score (nSPS) is 15.8. The number of carbonyl (C=O) groups excluding carboxylic acids is 1. The monoisotopic (exact) mass is 292 g/mol. The number of anilines is 1. The first kappa shape index (κ1) is 15.6. The smallest absolute Gasteiger partial charge is 0.409 e. The maximum atomic E-state index is 11.6. The Morgan fingerprint density at radius 1 is 1.29 bits per heavy atom. The van der Waals surface area contributed by atoms with Crippen LogP contribution in [0.5, 0.6) is 0 Å². The molecule has 116 valence electrons. The molecule has 0 radical (unpaired) electrons. The van der Waals surface area contributed by atoms with Crippen LogP contribution in [-0.4, -0.2) is 60.2 Å². The minimum Gasteiger partial charge on any atom is -0.450 e. The summed E-state index contributed by atoms with van der Waals surface area (Å²) >= 11 is 0. The van der Waals surface area contributed by atoms with Gasteiger partial charge in [-0.2, -0.15) is 0 Å². The molecule has 1 aliphatic heterocycles. The van der Waals surface area contributed by atoms with Crippen molar-refractivity contribution in [2.75, 3.05) is 44.6 Å². The van der Waals surface area contributed by atoms with Gasteiger partial charge in [-0.3, -0.25) is 4.90 Å². The molecule has 1 aromatic heterocycles. The molecule has 1 saturated heterocycles. The van der Waals surface area contributed by atoms with E-state index in [1.165, 1.54) is 0 Å². The SMILES string of the molecule is CCNc1cccc(CN2CCN(C(=O)OCC)CC2)n1. The van der Waals surface area contributed by atoms with Crippen LogP contribution in [0.4, 0.5) is 10.6 Å². The third-order valence-electron chi connectivity index (χ3n) is 3.45. The van der Waals surface area contributed by atoms with E-state index in [0.717, 1.165) is 37.7 Å². The summed E-state index contributed by atoms with van der Waals surface area (Å²) in [7, 11) is 0. The Balaban J connectivity index is 1.83. The van der Waals surface area contributed by atoms with Crippen molar-refractivity contribution < 1.29 is 9.53 Å². The molecule has 2 rings (SSSR count).